The molecule has 0 aliphatic carbocycles. The summed E-state index contributed by atoms with van der Waals surface area (Å²) in [4.78, 5) is 57.4. The third kappa shape index (κ3) is 14.7. The van der Waals surface area contributed by atoms with Gasteiger partial charge in [-0.25, -0.2) is 0 Å². The number of amides is 3. The highest BCUT2D eigenvalue weighted by Gasteiger charge is 2.30. The summed E-state index contributed by atoms with van der Waals surface area (Å²) in [6, 6.07) is 15.8. The van der Waals surface area contributed by atoms with Crippen molar-refractivity contribution in [2.24, 2.45) is 22.2 Å². The molecule has 0 saturated heterocycles. The van der Waals surface area contributed by atoms with Gasteiger partial charge in [0, 0.05) is 13.0 Å². The number of hydrogen-bond donors (Lipinski definition) is 7. The number of carbonyl (C=O) groups excluding carboxylic acids is 4. The Labute approximate surface area is 272 Å². The highest BCUT2D eigenvalue weighted by atomic mass is 16.2. The molecule has 46 heavy (non-hydrogen) atoms. The largest absolute Gasteiger partial charge is 0.370 e. The van der Waals surface area contributed by atoms with Crippen molar-refractivity contribution in [1.29, 1.82) is 0 Å². The first kappa shape index (κ1) is 37.9. The molecule has 2 rings (SSSR count). The number of nitrogens with zero attached hydrogens (tertiary/aromatic N) is 1. The van der Waals surface area contributed by atoms with Gasteiger partial charge in [0.05, 0.1) is 12.1 Å². The molecular formula is C34H52N8O4. The third-order valence-corrected chi connectivity index (χ3v) is 7.49. The zero-order valence-corrected chi connectivity index (χ0v) is 27.2. The molecule has 2 aromatic carbocycles. The number of guanidine groups is 1. The van der Waals surface area contributed by atoms with Gasteiger partial charge in [-0.1, -0.05) is 67.6 Å². The Bertz CT molecular complexity index is 1240. The first-order valence-electron chi connectivity index (χ1n) is 16.1. The fourth-order valence-corrected chi connectivity index (χ4v) is 4.94. The number of carbonyl (C=O) groups is 4. The maximum atomic E-state index is 13.9. The maximum Gasteiger partial charge on any atom is 0.243 e. The van der Waals surface area contributed by atoms with Gasteiger partial charge in [-0.15, -0.1) is 0 Å². The zero-order chi connectivity index (χ0) is 33.7. The molecule has 12 heteroatoms. The van der Waals surface area contributed by atoms with Crippen molar-refractivity contribution >= 4 is 29.5 Å². The van der Waals surface area contributed by atoms with Crippen LogP contribution >= 0.6 is 0 Å². The van der Waals surface area contributed by atoms with Crippen molar-refractivity contribution in [3.8, 4) is 0 Å². The molecule has 0 aromatic heterocycles. The van der Waals surface area contributed by atoms with Gasteiger partial charge in [0.2, 0.25) is 17.7 Å². The van der Waals surface area contributed by atoms with Crippen molar-refractivity contribution < 1.29 is 19.2 Å². The van der Waals surface area contributed by atoms with Crippen LogP contribution in [0.5, 0.6) is 0 Å². The molecule has 0 saturated carbocycles. The predicted octanol–water partition coefficient (Wildman–Crippen LogP) is 1.07. The second kappa shape index (κ2) is 21.4. The molecule has 0 spiro atoms. The summed E-state index contributed by atoms with van der Waals surface area (Å²) in [6.07, 6.45) is 3.91. The van der Waals surface area contributed by atoms with E-state index in [1.807, 2.05) is 67.6 Å². The average molecular weight is 637 g/mol. The first-order chi connectivity index (χ1) is 22.1. The first-order valence-corrected chi connectivity index (χ1v) is 16.1. The van der Waals surface area contributed by atoms with Crippen LogP contribution in [0.4, 0.5) is 0 Å². The lowest BCUT2D eigenvalue weighted by Gasteiger charge is -2.26. The van der Waals surface area contributed by atoms with E-state index in [2.05, 4.69) is 26.3 Å². The number of ketones is 1. The van der Waals surface area contributed by atoms with Crippen LogP contribution in [0.25, 0.3) is 0 Å². The molecule has 12 nitrogen and oxygen atoms in total. The summed E-state index contributed by atoms with van der Waals surface area (Å²) in [5, 5.41) is 11.9. The van der Waals surface area contributed by atoms with E-state index < -0.39 is 36.0 Å². The van der Waals surface area contributed by atoms with Crippen LogP contribution in [0.3, 0.4) is 0 Å². The third-order valence-electron chi connectivity index (χ3n) is 7.49. The summed E-state index contributed by atoms with van der Waals surface area (Å²) < 4.78 is 0. The summed E-state index contributed by atoms with van der Waals surface area (Å²) >= 11 is 0. The van der Waals surface area contributed by atoms with Gasteiger partial charge >= 0.3 is 0 Å². The van der Waals surface area contributed by atoms with Crippen LogP contribution in [-0.2, 0) is 32.0 Å². The van der Waals surface area contributed by atoms with Gasteiger partial charge in [0.1, 0.15) is 12.1 Å². The SMILES string of the molecule is CCCNC(Cc1ccccc1)C(=O)NC(Cc1ccccc1)C(=O)NC(CCCN=C(N)N)C(=O)NC(CCCCN)C(C)=O. The van der Waals surface area contributed by atoms with Crippen molar-refractivity contribution in [3.05, 3.63) is 71.8 Å². The molecule has 0 heterocycles. The fraction of sp³-hybridized carbons (Fsp3) is 0.500. The van der Waals surface area contributed by atoms with E-state index in [0.29, 0.717) is 38.8 Å². The number of nitrogens with two attached hydrogens (primary N) is 3. The standard InChI is InChI=1S/C34H52N8O4/c1-3-20-38-29(22-25-13-6-4-7-14-25)32(45)42-30(23-26-15-8-5-9-16-26)33(46)41-28(18-12-21-39-34(36)37)31(44)40-27(24(2)43)17-10-11-19-35/h4-9,13-16,27-30,38H,3,10-12,17-23,35H2,1-2H3,(H,40,44)(H,41,46)(H,42,45)(H4,36,37,39). The molecule has 0 bridgehead atoms. The second-order valence-corrected chi connectivity index (χ2v) is 11.4. The Morgan fingerprint density at radius 1 is 0.696 bits per heavy atom. The predicted molar refractivity (Wildman–Crippen MR) is 182 cm³/mol. The molecule has 3 amide bonds. The number of aliphatic imine (C=N–C) groups is 1. The van der Waals surface area contributed by atoms with Crippen LogP contribution in [0.15, 0.2) is 65.7 Å². The Balaban J connectivity index is 2.30. The summed E-state index contributed by atoms with van der Waals surface area (Å²) in [5.41, 5.74) is 18.3. The maximum absolute atomic E-state index is 13.9. The fourth-order valence-electron chi connectivity index (χ4n) is 4.94. The lowest BCUT2D eigenvalue weighted by atomic mass is 10.0. The van der Waals surface area contributed by atoms with E-state index in [9.17, 15) is 19.2 Å². The molecule has 0 aliphatic rings. The van der Waals surface area contributed by atoms with Crippen LogP contribution in [-0.4, -0.2) is 73.3 Å². The quantitative estimate of drug-likeness (QED) is 0.0564. The van der Waals surface area contributed by atoms with Crippen LogP contribution < -0.4 is 38.5 Å². The number of rotatable bonds is 22. The topological polar surface area (TPSA) is 207 Å². The zero-order valence-electron chi connectivity index (χ0n) is 27.2. The minimum absolute atomic E-state index is 0.0750. The number of Topliss-reactive ketones (excluding diaryl/α,β-unsaturated/α-hetero) is 1. The molecule has 0 aliphatic heterocycles. The number of unbranched alkanes of at least 4 members (excludes halogenated alkanes) is 1. The molecule has 4 atom stereocenters. The minimum atomic E-state index is -0.994. The van der Waals surface area contributed by atoms with Gasteiger partial charge in [-0.2, -0.15) is 0 Å². The van der Waals surface area contributed by atoms with Crippen molar-refractivity contribution in [3.63, 3.8) is 0 Å². The number of hydrogen-bond acceptors (Lipinski definition) is 7. The Hall–Kier alpha value is -4.29. The highest BCUT2D eigenvalue weighted by molar-refractivity contribution is 5.95. The van der Waals surface area contributed by atoms with E-state index in [1.165, 1.54) is 6.92 Å². The summed E-state index contributed by atoms with van der Waals surface area (Å²) in [6.45, 7) is 4.80. The number of nitrogens with one attached hydrogen (secondary N) is 4. The lowest BCUT2D eigenvalue weighted by molar-refractivity contribution is -0.133. The van der Waals surface area contributed by atoms with Crippen molar-refractivity contribution in [2.45, 2.75) is 89.4 Å². The van der Waals surface area contributed by atoms with Gasteiger partial charge in [0.15, 0.2) is 11.7 Å². The summed E-state index contributed by atoms with van der Waals surface area (Å²) in [5.74, 6) is -1.60. The lowest BCUT2D eigenvalue weighted by Crippen LogP contribution is -2.58. The minimum Gasteiger partial charge on any atom is -0.370 e. The summed E-state index contributed by atoms with van der Waals surface area (Å²) in [7, 11) is 0. The van der Waals surface area contributed by atoms with E-state index in [4.69, 9.17) is 17.2 Å². The monoisotopic (exact) mass is 636 g/mol. The highest BCUT2D eigenvalue weighted by Crippen LogP contribution is 2.10. The average Bonchev–Trinajstić information content (AvgIpc) is 3.04. The van der Waals surface area contributed by atoms with E-state index in [-0.39, 0.29) is 37.0 Å². The second-order valence-electron chi connectivity index (χ2n) is 11.4. The molecule has 2 aromatic rings. The molecule has 10 N–H and O–H groups in total. The van der Waals surface area contributed by atoms with Crippen LogP contribution in [0.2, 0.25) is 0 Å². The van der Waals surface area contributed by atoms with Gasteiger partial charge in [-0.05, 0) is 76.1 Å². The molecule has 4 unspecified atom stereocenters. The number of benzene rings is 2. The molecule has 0 radical (unpaired) electrons. The normalized spacial score (nSPS) is 13.5. The Morgan fingerprint density at radius 3 is 1.74 bits per heavy atom. The van der Waals surface area contributed by atoms with E-state index in [1.54, 1.807) is 0 Å². The molecular weight excluding hydrogens is 584 g/mol. The Kier molecular flexibility index (Phi) is 17.7. The van der Waals surface area contributed by atoms with Crippen molar-refractivity contribution in [1.82, 2.24) is 21.3 Å². The Morgan fingerprint density at radius 2 is 1.20 bits per heavy atom. The van der Waals surface area contributed by atoms with Gasteiger partial charge < -0.3 is 38.5 Å². The van der Waals surface area contributed by atoms with Crippen LogP contribution in [0, 0.1) is 0 Å². The van der Waals surface area contributed by atoms with Crippen molar-refractivity contribution in [2.75, 3.05) is 19.6 Å². The smallest absolute Gasteiger partial charge is 0.243 e. The van der Waals surface area contributed by atoms with E-state index >= 15 is 0 Å². The van der Waals surface area contributed by atoms with Gasteiger partial charge in [-0.3, -0.25) is 24.2 Å². The van der Waals surface area contributed by atoms with Gasteiger partial charge in [0.25, 0.3) is 0 Å². The molecule has 252 valence electrons. The van der Waals surface area contributed by atoms with Crippen LogP contribution in [0.1, 0.15) is 63.5 Å². The molecule has 0 fully saturated rings. The van der Waals surface area contributed by atoms with E-state index in [0.717, 1.165) is 24.0 Å².